The third-order valence-electron chi connectivity index (χ3n) is 3.98. The van der Waals surface area contributed by atoms with Crippen LogP contribution in [-0.2, 0) is 4.79 Å². The first kappa shape index (κ1) is 14.4. The summed E-state index contributed by atoms with van der Waals surface area (Å²) in [5.41, 5.74) is 2.35. The molecule has 1 aromatic carbocycles. The minimum atomic E-state index is 0.0673. The molecular formula is C17H20N2OS. The Hall–Kier alpha value is -1.55. The van der Waals surface area contributed by atoms with Gasteiger partial charge in [-0.15, -0.1) is 0 Å². The highest BCUT2D eigenvalue weighted by atomic mass is 32.2. The molecule has 2 aromatic rings. The van der Waals surface area contributed by atoms with Gasteiger partial charge in [0.1, 0.15) is 5.78 Å². The Morgan fingerprint density at radius 2 is 2.10 bits per heavy atom. The van der Waals surface area contributed by atoms with Crippen LogP contribution in [0.2, 0.25) is 0 Å². The molecule has 4 heteroatoms. The lowest BCUT2D eigenvalue weighted by atomic mass is 10.2. The molecular weight excluding hydrogens is 280 g/mol. The molecule has 3 rings (SSSR count). The quantitative estimate of drug-likeness (QED) is 0.798. The van der Waals surface area contributed by atoms with E-state index >= 15 is 0 Å². The van der Waals surface area contributed by atoms with Crippen LogP contribution < -0.4 is 0 Å². The van der Waals surface area contributed by atoms with Crippen molar-refractivity contribution in [2.24, 2.45) is 0 Å². The van der Waals surface area contributed by atoms with Crippen LogP contribution in [0, 0.1) is 6.92 Å². The number of carbonyl (C=O) groups is 1. The minimum absolute atomic E-state index is 0.0673. The molecule has 0 bridgehead atoms. The van der Waals surface area contributed by atoms with Crippen molar-refractivity contribution in [3.63, 3.8) is 0 Å². The maximum absolute atomic E-state index is 12.2. The van der Waals surface area contributed by atoms with Gasteiger partial charge in [0.25, 0.3) is 0 Å². The van der Waals surface area contributed by atoms with Crippen LogP contribution in [0.1, 0.15) is 37.7 Å². The Balaban J connectivity index is 1.86. The van der Waals surface area contributed by atoms with Crippen molar-refractivity contribution in [3.8, 4) is 5.69 Å². The number of carbonyl (C=O) groups excluding carboxylic acids is 1. The molecule has 0 N–H and O–H groups in total. The van der Waals surface area contributed by atoms with Crippen LogP contribution in [0.4, 0.5) is 0 Å². The van der Waals surface area contributed by atoms with Crippen LogP contribution in [-0.4, -0.2) is 20.6 Å². The van der Waals surface area contributed by atoms with Gasteiger partial charge >= 0.3 is 0 Å². The van der Waals surface area contributed by atoms with Crippen LogP contribution >= 0.6 is 11.8 Å². The average molecular weight is 300 g/mol. The van der Waals surface area contributed by atoms with Crippen molar-refractivity contribution in [2.75, 3.05) is 0 Å². The molecule has 0 aliphatic heterocycles. The molecule has 1 atom stereocenters. The summed E-state index contributed by atoms with van der Waals surface area (Å²) in [5, 5.41) is 0.988. The minimum Gasteiger partial charge on any atom is -0.298 e. The first-order valence-corrected chi connectivity index (χ1v) is 8.42. The van der Waals surface area contributed by atoms with Gasteiger partial charge in [0.15, 0.2) is 5.16 Å². The molecule has 0 saturated heterocycles. The summed E-state index contributed by atoms with van der Waals surface area (Å²) in [4.78, 5) is 16.7. The number of benzene rings is 1. The maximum Gasteiger partial charge on any atom is 0.173 e. The summed E-state index contributed by atoms with van der Waals surface area (Å²) < 4.78 is 2.10. The van der Waals surface area contributed by atoms with Crippen LogP contribution in [0.15, 0.2) is 41.8 Å². The molecule has 1 heterocycles. The van der Waals surface area contributed by atoms with Gasteiger partial charge in [0.05, 0.1) is 10.9 Å². The van der Waals surface area contributed by atoms with Crippen molar-refractivity contribution in [1.29, 1.82) is 0 Å². The van der Waals surface area contributed by atoms with Gasteiger partial charge in [-0.3, -0.25) is 9.36 Å². The number of imidazole rings is 1. The summed E-state index contributed by atoms with van der Waals surface area (Å²) >= 11 is 1.63. The molecule has 3 nitrogen and oxygen atoms in total. The first-order valence-electron chi connectivity index (χ1n) is 7.54. The van der Waals surface area contributed by atoms with Gasteiger partial charge in [0.2, 0.25) is 0 Å². The predicted octanol–water partition coefficient (Wildman–Crippen LogP) is 4.17. The number of para-hydroxylation sites is 1. The maximum atomic E-state index is 12.2. The molecule has 1 aliphatic rings. The summed E-state index contributed by atoms with van der Waals surface area (Å²) in [6, 6.07) is 8.27. The fourth-order valence-corrected chi connectivity index (χ4v) is 3.96. The average Bonchev–Trinajstić information content (AvgIpc) is 2.84. The van der Waals surface area contributed by atoms with Gasteiger partial charge in [-0.2, -0.15) is 0 Å². The number of aromatic nitrogens is 2. The second-order valence-corrected chi connectivity index (χ2v) is 6.71. The first-order chi connectivity index (χ1) is 10.3. The van der Waals surface area contributed by atoms with E-state index in [1.807, 2.05) is 24.5 Å². The zero-order valence-corrected chi connectivity index (χ0v) is 13.1. The smallest absolute Gasteiger partial charge is 0.173 e. The highest BCUT2D eigenvalue weighted by molar-refractivity contribution is 8.00. The lowest BCUT2D eigenvalue weighted by molar-refractivity contribution is -0.118. The van der Waals surface area contributed by atoms with Gasteiger partial charge < -0.3 is 0 Å². The number of ketones is 1. The molecule has 0 spiro atoms. The van der Waals surface area contributed by atoms with Crippen molar-refractivity contribution >= 4 is 17.5 Å². The standard InChI is InChI=1S/C17H20N2OS/c1-13-7-5-6-8-14(13)19-12-11-18-17(19)21-16-10-4-2-3-9-15(16)20/h5-8,11-12,16H,2-4,9-10H2,1H3. The summed E-state index contributed by atoms with van der Waals surface area (Å²) in [6.07, 6.45) is 8.86. The highest BCUT2D eigenvalue weighted by Crippen LogP contribution is 2.31. The SMILES string of the molecule is Cc1ccccc1-n1ccnc1SC1CCCCCC1=O. The monoisotopic (exact) mass is 300 g/mol. The van der Waals surface area contributed by atoms with E-state index in [0.717, 1.165) is 36.5 Å². The Labute approximate surface area is 129 Å². The normalized spacial score (nSPS) is 19.5. The van der Waals surface area contributed by atoms with Gasteiger partial charge in [-0.1, -0.05) is 42.8 Å². The summed E-state index contributed by atoms with van der Waals surface area (Å²) in [5.74, 6) is 0.386. The van der Waals surface area contributed by atoms with E-state index in [1.54, 1.807) is 11.8 Å². The van der Waals surface area contributed by atoms with E-state index in [9.17, 15) is 4.79 Å². The lowest BCUT2D eigenvalue weighted by Crippen LogP contribution is -2.15. The van der Waals surface area contributed by atoms with E-state index in [4.69, 9.17) is 0 Å². The molecule has 0 radical (unpaired) electrons. The number of rotatable bonds is 3. The van der Waals surface area contributed by atoms with E-state index in [0.29, 0.717) is 5.78 Å². The van der Waals surface area contributed by atoms with E-state index < -0.39 is 0 Å². The van der Waals surface area contributed by atoms with Crippen LogP contribution in [0.25, 0.3) is 5.69 Å². The van der Waals surface area contributed by atoms with Gasteiger partial charge in [-0.25, -0.2) is 4.98 Å². The van der Waals surface area contributed by atoms with Crippen molar-refractivity contribution in [2.45, 2.75) is 49.4 Å². The van der Waals surface area contributed by atoms with E-state index in [-0.39, 0.29) is 5.25 Å². The molecule has 21 heavy (non-hydrogen) atoms. The van der Waals surface area contributed by atoms with Crippen LogP contribution in [0.5, 0.6) is 0 Å². The lowest BCUT2D eigenvalue weighted by Gasteiger charge is -2.14. The van der Waals surface area contributed by atoms with Crippen LogP contribution in [0.3, 0.4) is 0 Å². The molecule has 1 saturated carbocycles. The largest absolute Gasteiger partial charge is 0.298 e. The fraction of sp³-hybridized carbons (Fsp3) is 0.412. The van der Waals surface area contributed by atoms with Gasteiger partial charge in [-0.05, 0) is 31.4 Å². The molecule has 110 valence electrons. The summed E-state index contributed by atoms with van der Waals surface area (Å²) in [6.45, 7) is 2.10. The number of aryl methyl sites for hydroxylation is 1. The number of hydrogen-bond donors (Lipinski definition) is 0. The Bertz CT molecular complexity index is 635. The third kappa shape index (κ3) is 3.21. The van der Waals surface area contributed by atoms with Crippen molar-refractivity contribution < 1.29 is 4.79 Å². The number of Topliss-reactive ketones (excluding diaryl/α,β-unsaturated/α-hetero) is 1. The highest BCUT2D eigenvalue weighted by Gasteiger charge is 2.23. The van der Waals surface area contributed by atoms with E-state index in [2.05, 4.69) is 28.6 Å². The number of thioether (sulfide) groups is 1. The fourth-order valence-electron chi connectivity index (χ4n) is 2.77. The Morgan fingerprint density at radius 1 is 1.24 bits per heavy atom. The molecule has 1 aromatic heterocycles. The predicted molar refractivity (Wildman–Crippen MR) is 86.0 cm³/mol. The third-order valence-corrected chi connectivity index (χ3v) is 5.27. The number of hydrogen-bond acceptors (Lipinski definition) is 3. The molecule has 1 fully saturated rings. The topological polar surface area (TPSA) is 34.9 Å². The Kier molecular flexibility index (Phi) is 4.44. The van der Waals surface area contributed by atoms with Gasteiger partial charge in [0, 0.05) is 18.8 Å². The Morgan fingerprint density at radius 3 is 2.95 bits per heavy atom. The zero-order chi connectivity index (χ0) is 14.7. The van der Waals surface area contributed by atoms with E-state index in [1.165, 1.54) is 12.0 Å². The second-order valence-electron chi connectivity index (χ2n) is 5.54. The molecule has 1 unspecified atom stereocenters. The van der Waals surface area contributed by atoms with Crippen molar-refractivity contribution in [3.05, 3.63) is 42.2 Å². The second kappa shape index (κ2) is 6.48. The molecule has 1 aliphatic carbocycles. The summed E-state index contributed by atoms with van der Waals surface area (Å²) in [7, 11) is 0. The molecule has 0 amide bonds. The number of nitrogens with zero attached hydrogens (tertiary/aromatic N) is 2. The zero-order valence-electron chi connectivity index (χ0n) is 12.3. The van der Waals surface area contributed by atoms with Crippen molar-refractivity contribution in [1.82, 2.24) is 9.55 Å².